The largest absolute Gasteiger partial charge is 0.497 e. The SMILES string of the molecule is COc1ccc2c(c1)nc(COC(C)=O)n2C. The fourth-order valence-electron chi connectivity index (χ4n) is 1.65. The third kappa shape index (κ3) is 2.22. The topological polar surface area (TPSA) is 53.4 Å². The number of carbonyl (C=O) groups is 1. The van der Waals surface area contributed by atoms with E-state index in [-0.39, 0.29) is 12.6 Å². The van der Waals surface area contributed by atoms with Crippen molar-refractivity contribution in [3.63, 3.8) is 0 Å². The lowest BCUT2D eigenvalue weighted by Crippen LogP contribution is -2.04. The van der Waals surface area contributed by atoms with Gasteiger partial charge in [0.2, 0.25) is 0 Å². The molecule has 1 aromatic heterocycles. The molecule has 2 aromatic rings. The fourth-order valence-corrected chi connectivity index (χ4v) is 1.65. The first-order valence-corrected chi connectivity index (χ1v) is 5.24. The molecule has 0 spiro atoms. The number of nitrogens with zero attached hydrogens (tertiary/aromatic N) is 2. The van der Waals surface area contributed by atoms with E-state index in [1.165, 1.54) is 6.92 Å². The van der Waals surface area contributed by atoms with Crippen LogP contribution in [0.2, 0.25) is 0 Å². The van der Waals surface area contributed by atoms with Crippen LogP contribution >= 0.6 is 0 Å². The number of hydrogen-bond donors (Lipinski definition) is 0. The van der Waals surface area contributed by atoms with Crippen molar-refractivity contribution in [3.05, 3.63) is 24.0 Å². The predicted octanol–water partition coefficient (Wildman–Crippen LogP) is 1.64. The fraction of sp³-hybridized carbons (Fsp3) is 0.333. The molecule has 0 aliphatic carbocycles. The maximum absolute atomic E-state index is 10.8. The van der Waals surface area contributed by atoms with E-state index in [1.54, 1.807) is 7.11 Å². The van der Waals surface area contributed by atoms with Gasteiger partial charge >= 0.3 is 5.97 Å². The Labute approximate surface area is 99.0 Å². The molecule has 5 heteroatoms. The average Bonchev–Trinajstić information content (AvgIpc) is 2.63. The molecule has 1 aromatic carbocycles. The molecular weight excluding hydrogens is 220 g/mol. The molecule has 0 atom stereocenters. The van der Waals surface area contributed by atoms with Crippen molar-refractivity contribution in [1.29, 1.82) is 0 Å². The van der Waals surface area contributed by atoms with E-state index in [1.807, 2.05) is 29.8 Å². The molecule has 90 valence electrons. The van der Waals surface area contributed by atoms with Crippen molar-refractivity contribution in [3.8, 4) is 5.75 Å². The number of methoxy groups -OCH3 is 1. The molecule has 1 heterocycles. The van der Waals surface area contributed by atoms with Crippen LogP contribution in [0, 0.1) is 0 Å². The second-order valence-electron chi connectivity index (χ2n) is 3.72. The maximum Gasteiger partial charge on any atom is 0.303 e. The third-order valence-corrected chi connectivity index (χ3v) is 2.59. The van der Waals surface area contributed by atoms with E-state index in [4.69, 9.17) is 9.47 Å². The normalized spacial score (nSPS) is 10.5. The molecule has 0 saturated heterocycles. The van der Waals surface area contributed by atoms with Crippen molar-refractivity contribution in [2.24, 2.45) is 7.05 Å². The molecule has 0 unspecified atom stereocenters. The van der Waals surface area contributed by atoms with Gasteiger partial charge in [0.05, 0.1) is 18.1 Å². The summed E-state index contributed by atoms with van der Waals surface area (Å²) in [6.45, 7) is 1.56. The summed E-state index contributed by atoms with van der Waals surface area (Å²) in [7, 11) is 3.50. The second kappa shape index (κ2) is 4.45. The molecular formula is C12H14N2O3. The zero-order chi connectivity index (χ0) is 12.4. The summed E-state index contributed by atoms with van der Waals surface area (Å²) in [6.07, 6.45) is 0. The number of fused-ring (bicyclic) bond motifs is 1. The van der Waals surface area contributed by atoms with E-state index in [2.05, 4.69) is 4.98 Å². The Bertz CT molecular complexity index is 560. The summed E-state index contributed by atoms with van der Waals surface area (Å²) in [5, 5.41) is 0. The first kappa shape index (κ1) is 11.4. The van der Waals surface area contributed by atoms with E-state index in [9.17, 15) is 4.79 Å². The number of esters is 1. The van der Waals surface area contributed by atoms with Gasteiger partial charge in [0.15, 0.2) is 0 Å². The number of ether oxygens (including phenoxy) is 2. The number of aromatic nitrogens is 2. The molecule has 0 amide bonds. The van der Waals surface area contributed by atoms with Crippen LogP contribution in [-0.2, 0) is 23.2 Å². The van der Waals surface area contributed by atoms with Gasteiger partial charge in [-0.15, -0.1) is 0 Å². The first-order valence-electron chi connectivity index (χ1n) is 5.24. The zero-order valence-corrected chi connectivity index (χ0v) is 10.1. The molecule has 0 radical (unpaired) electrons. The van der Waals surface area contributed by atoms with Crippen LogP contribution < -0.4 is 4.74 Å². The molecule has 0 bridgehead atoms. The Hall–Kier alpha value is -2.04. The highest BCUT2D eigenvalue weighted by molar-refractivity contribution is 5.77. The second-order valence-corrected chi connectivity index (χ2v) is 3.72. The average molecular weight is 234 g/mol. The van der Waals surface area contributed by atoms with Crippen molar-refractivity contribution in [2.45, 2.75) is 13.5 Å². The summed E-state index contributed by atoms with van der Waals surface area (Å²) in [6, 6.07) is 5.66. The number of imidazole rings is 1. The summed E-state index contributed by atoms with van der Waals surface area (Å²) in [4.78, 5) is 15.2. The van der Waals surface area contributed by atoms with Crippen molar-refractivity contribution >= 4 is 17.0 Å². The van der Waals surface area contributed by atoms with E-state index >= 15 is 0 Å². The highest BCUT2D eigenvalue weighted by Crippen LogP contribution is 2.21. The number of benzene rings is 1. The first-order chi connectivity index (χ1) is 8.11. The standard InChI is InChI=1S/C12H14N2O3/c1-8(15)17-7-12-13-10-6-9(16-3)4-5-11(10)14(12)2/h4-6H,7H2,1-3H3. The maximum atomic E-state index is 10.8. The molecule has 17 heavy (non-hydrogen) atoms. The van der Waals surface area contributed by atoms with Gasteiger partial charge in [-0.3, -0.25) is 4.79 Å². The Morgan fingerprint density at radius 1 is 1.47 bits per heavy atom. The molecule has 0 saturated carbocycles. The highest BCUT2D eigenvalue weighted by Gasteiger charge is 2.09. The van der Waals surface area contributed by atoms with Gasteiger partial charge in [0.1, 0.15) is 18.2 Å². The quantitative estimate of drug-likeness (QED) is 0.758. The van der Waals surface area contributed by atoms with Crippen molar-refractivity contribution in [1.82, 2.24) is 9.55 Å². The van der Waals surface area contributed by atoms with E-state index < -0.39 is 0 Å². The van der Waals surface area contributed by atoms with E-state index in [0.717, 1.165) is 16.8 Å². The van der Waals surface area contributed by atoms with Crippen LogP contribution in [0.25, 0.3) is 11.0 Å². The smallest absolute Gasteiger partial charge is 0.303 e. The minimum atomic E-state index is -0.311. The van der Waals surface area contributed by atoms with Crippen LogP contribution in [0.5, 0.6) is 5.75 Å². The molecule has 5 nitrogen and oxygen atoms in total. The Kier molecular flexibility index (Phi) is 2.99. The monoisotopic (exact) mass is 234 g/mol. The third-order valence-electron chi connectivity index (χ3n) is 2.59. The lowest BCUT2D eigenvalue weighted by molar-refractivity contribution is -0.142. The lowest BCUT2D eigenvalue weighted by Gasteiger charge is -2.02. The lowest BCUT2D eigenvalue weighted by atomic mass is 10.3. The Morgan fingerprint density at radius 3 is 2.88 bits per heavy atom. The predicted molar refractivity (Wildman–Crippen MR) is 62.7 cm³/mol. The molecule has 0 fully saturated rings. The Morgan fingerprint density at radius 2 is 2.24 bits per heavy atom. The van der Waals surface area contributed by atoms with Gasteiger partial charge in [-0.2, -0.15) is 0 Å². The molecule has 0 aliphatic heterocycles. The highest BCUT2D eigenvalue weighted by atomic mass is 16.5. The van der Waals surface area contributed by atoms with Crippen LogP contribution in [0.1, 0.15) is 12.7 Å². The molecule has 2 rings (SSSR count). The van der Waals surface area contributed by atoms with Gasteiger partial charge in [0, 0.05) is 20.0 Å². The van der Waals surface area contributed by atoms with Gasteiger partial charge in [-0.05, 0) is 12.1 Å². The van der Waals surface area contributed by atoms with Crippen LogP contribution in [0.4, 0.5) is 0 Å². The van der Waals surface area contributed by atoms with Crippen LogP contribution in [-0.4, -0.2) is 22.6 Å². The summed E-state index contributed by atoms with van der Waals surface area (Å²) in [5.41, 5.74) is 1.81. The van der Waals surface area contributed by atoms with E-state index in [0.29, 0.717) is 5.82 Å². The number of hydrogen-bond acceptors (Lipinski definition) is 4. The van der Waals surface area contributed by atoms with Gasteiger partial charge in [-0.25, -0.2) is 4.98 Å². The summed E-state index contributed by atoms with van der Waals surface area (Å²) in [5.74, 6) is 1.16. The van der Waals surface area contributed by atoms with Crippen LogP contribution in [0.15, 0.2) is 18.2 Å². The van der Waals surface area contributed by atoms with Gasteiger partial charge in [-0.1, -0.05) is 0 Å². The summed E-state index contributed by atoms with van der Waals surface area (Å²) >= 11 is 0. The number of rotatable bonds is 3. The minimum Gasteiger partial charge on any atom is -0.497 e. The molecule has 0 N–H and O–H groups in total. The van der Waals surface area contributed by atoms with Gasteiger partial charge in [0.25, 0.3) is 0 Å². The van der Waals surface area contributed by atoms with Crippen LogP contribution in [0.3, 0.4) is 0 Å². The zero-order valence-electron chi connectivity index (χ0n) is 10.1. The van der Waals surface area contributed by atoms with Gasteiger partial charge < -0.3 is 14.0 Å². The Balaban J connectivity index is 2.38. The molecule has 0 aliphatic rings. The van der Waals surface area contributed by atoms with Crippen molar-refractivity contribution < 1.29 is 14.3 Å². The summed E-state index contributed by atoms with van der Waals surface area (Å²) < 4.78 is 12.0. The minimum absolute atomic E-state index is 0.183. The number of aryl methyl sites for hydroxylation is 1. The number of carbonyl (C=O) groups excluding carboxylic acids is 1. The van der Waals surface area contributed by atoms with Crippen molar-refractivity contribution in [2.75, 3.05) is 7.11 Å².